The molecule has 1 amide bonds. The summed E-state index contributed by atoms with van der Waals surface area (Å²) < 4.78 is 0. The van der Waals surface area contributed by atoms with Gasteiger partial charge in [-0.1, -0.05) is 24.3 Å². The van der Waals surface area contributed by atoms with Gasteiger partial charge in [0.25, 0.3) is 0 Å². The van der Waals surface area contributed by atoms with Gasteiger partial charge in [-0.25, -0.2) is 0 Å². The van der Waals surface area contributed by atoms with Gasteiger partial charge >= 0.3 is 0 Å². The summed E-state index contributed by atoms with van der Waals surface area (Å²) in [5, 5.41) is 3.53. The Balaban J connectivity index is 1.54. The molecule has 1 aromatic carbocycles. The number of likely N-dealkylation sites (tertiary alicyclic amines) is 1. The maximum Gasteiger partial charge on any atom is 0.240 e. The lowest BCUT2D eigenvalue weighted by Crippen LogP contribution is -2.52. The van der Waals surface area contributed by atoms with Crippen LogP contribution in [-0.4, -0.2) is 29.4 Å². The highest BCUT2D eigenvalue weighted by Crippen LogP contribution is 2.37. The number of rotatable bonds is 3. The Kier molecular flexibility index (Phi) is 3.03. The molecule has 4 rings (SSSR count). The van der Waals surface area contributed by atoms with Crippen molar-refractivity contribution in [2.75, 3.05) is 6.54 Å². The van der Waals surface area contributed by atoms with Gasteiger partial charge < -0.3 is 10.2 Å². The Bertz CT molecular complexity index is 523. The minimum atomic E-state index is 0.0732. The first-order valence-electron chi connectivity index (χ1n) is 7.97. The van der Waals surface area contributed by atoms with Crippen molar-refractivity contribution >= 4 is 5.91 Å². The summed E-state index contributed by atoms with van der Waals surface area (Å²) in [6.45, 7) is 0.931. The molecule has 20 heavy (non-hydrogen) atoms. The number of carbonyl (C=O) groups excluding carboxylic acids is 1. The lowest BCUT2D eigenvalue weighted by atomic mass is 9.99. The first-order chi connectivity index (χ1) is 9.83. The molecule has 0 aromatic heterocycles. The zero-order valence-corrected chi connectivity index (χ0v) is 11.8. The van der Waals surface area contributed by atoms with Crippen LogP contribution in [0.5, 0.6) is 0 Å². The van der Waals surface area contributed by atoms with Gasteiger partial charge in [0.15, 0.2) is 0 Å². The zero-order valence-electron chi connectivity index (χ0n) is 11.8. The third-order valence-electron chi connectivity index (χ3n) is 4.96. The maximum atomic E-state index is 12.7. The van der Waals surface area contributed by atoms with Crippen molar-refractivity contribution in [3.63, 3.8) is 0 Å². The van der Waals surface area contributed by atoms with Gasteiger partial charge in [-0.15, -0.1) is 0 Å². The second-order valence-corrected chi connectivity index (χ2v) is 6.42. The van der Waals surface area contributed by atoms with Gasteiger partial charge in [0.2, 0.25) is 5.91 Å². The standard InChI is InChI=1S/C17H22N2O/c20-17-15(18-13-8-9-13)6-3-11-19(17)16-10-7-12-4-1-2-5-14(12)16/h1-2,4-5,13,15-16,18H,3,6-11H2. The number of nitrogens with one attached hydrogen (secondary N) is 1. The number of nitrogens with zero attached hydrogens (tertiary/aromatic N) is 1. The zero-order chi connectivity index (χ0) is 13.5. The number of hydrogen-bond donors (Lipinski definition) is 1. The van der Waals surface area contributed by atoms with Gasteiger partial charge in [-0.05, 0) is 49.7 Å². The molecule has 1 N–H and O–H groups in total. The van der Waals surface area contributed by atoms with Crippen LogP contribution in [0.25, 0.3) is 0 Å². The molecule has 1 aromatic rings. The van der Waals surface area contributed by atoms with E-state index < -0.39 is 0 Å². The SMILES string of the molecule is O=C1C(NC2CC2)CCCN1C1CCc2ccccc21. The van der Waals surface area contributed by atoms with Crippen LogP contribution in [0.15, 0.2) is 24.3 Å². The summed E-state index contributed by atoms with van der Waals surface area (Å²) in [5.41, 5.74) is 2.82. The molecule has 106 valence electrons. The van der Waals surface area contributed by atoms with Crippen molar-refractivity contribution in [3.8, 4) is 0 Å². The Morgan fingerprint density at radius 2 is 1.95 bits per heavy atom. The van der Waals surface area contributed by atoms with Gasteiger partial charge in [-0.2, -0.15) is 0 Å². The molecule has 0 radical (unpaired) electrons. The molecule has 0 spiro atoms. The van der Waals surface area contributed by atoms with Crippen LogP contribution in [-0.2, 0) is 11.2 Å². The highest BCUT2D eigenvalue weighted by atomic mass is 16.2. The summed E-state index contributed by atoms with van der Waals surface area (Å²) in [7, 11) is 0. The normalized spacial score (nSPS) is 29.6. The van der Waals surface area contributed by atoms with E-state index in [0.29, 0.717) is 18.0 Å². The molecular weight excluding hydrogens is 248 g/mol. The third kappa shape index (κ3) is 2.14. The van der Waals surface area contributed by atoms with Crippen molar-refractivity contribution in [2.45, 2.75) is 56.7 Å². The lowest BCUT2D eigenvalue weighted by molar-refractivity contribution is -0.138. The van der Waals surface area contributed by atoms with E-state index in [1.54, 1.807) is 0 Å². The summed E-state index contributed by atoms with van der Waals surface area (Å²) in [5.74, 6) is 0.338. The predicted molar refractivity (Wildman–Crippen MR) is 78.4 cm³/mol. The molecule has 1 saturated heterocycles. The Morgan fingerprint density at radius 3 is 2.80 bits per heavy atom. The first-order valence-corrected chi connectivity index (χ1v) is 7.97. The summed E-state index contributed by atoms with van der Waals surface area (Å²) in [6, 6.07) is 9.63. The van der Waals surface area contributed by atoms with Crippen LogP contribution in [0, 0.1) is 0 Å². The van der Waals surface area contributed by atoms with Crippen LogP contribution in [0.1, 0.15) is 49.3 Å². The van der Waals surface area contributed by atoms with Crippen molar-refractivity contribution in [2.24, 2.45) is 0 Å². The average Bonchev–Trinajstić information content (AvgIpc) is 3.18. The Hall–Kier alpha value is -1.35. The molecule has 0 bridgehead atoms. The molecule has 3 aliphatic rings. The van der Waals surface area contributed by atoms with E-state index in [2.05, 4.69) is 34.5 Å². The second-order valence-electron chi connectivity index (χ2n) is 6.42. The highest BCUT2D eigenvalue weighted by molar-refractivity contribution is 5.83. The third-order valence-corrected chi connectivity index (χ3v) is 4.96. The van der Waals surface area contributed by atoms with Crippen molar-refractivity contribution < 1.29 is 4.79 Å². The molecular formula is C17H22N2O. The van der Waals surface area contributed by atoms with E-state index in [0.717, 1.165) is 32.2 Å². The first kappa shape index (κ1) is 12.4. The molecule has 3 heteroatoms. The van der Waals surface area contributed by atoms with Crippen LogP contribution in [0.2, 0.25) is 0 Å². The molecule has 1 saturated carbocycles. The smallest absolute Gasteiger partial charge is 0.240 e. The summed E-state index contributed by atoms with van der Waals surface area (Å²) >= 11 is 0. The van der Waals surface area contributed by atoms with E-state index in [1.807, 2.05) is 0 Å². The number of aryl methyl sites for hydroxylation is 1. The van der Waals surface area contributed by atoms with Crippen molar-refractivity contribution in [1.82, 2.24) is 10.2 Å². The highest BCUT2D eigenvalue weighted by Gasteiger charge is 2.38. The molecule has 1 heterocycles. The van der Waals surface area contributed by atoms with Gasteiger partial charge in [0.05, 0.1) is 12.1 Å². The predicted octanol–water partition coefficient (Wildman–Crippen LogP) is 2.42. The van der Waals surface area contributed by atoms with E-state index in [4.69, 9.17) is 0 Å². The van der Waals surface area contributed by atoms with Crippen LogP contribution >= 0.6 is 0 Å². The number of hydrogen-bond acceptors (Lipinski definition) is 2. The summed E-state index contributed by atoms with van der Waals surface area (Å²) in [6.07, 6.45) is 6.85. The van der Waals surface area contributed by atoms with Crippen LogP contribution < -0.4 is 5.32 Å². The molecule has 1 aliphatic heterocycles. The molecule has 3 nitrogen and oxygen atoms in total. The largest absolute Gasteiger partial charge is 0.334 e. The minimum Gasteiger partial charge on any atom is -0.334 e. The fourth-order valence-electron chi connectivity index (χ4n) is 3.76. The van der Waals surface area contributed by atoms with Gasteiger partial charge in [0.1, 0.15) is 0 Å². The minimum absolute atomic E-state index is 0.0732. The van der Waals surface area contributed by atoms with Crippen molar-refractivity contribution in [1.29, 1.82) is 0 Å². The fraction of sp³-hybridized carbons (Fsp3) is 0.588. The second kappa shape index (κ2) is 4.88. The van der Waals surface area contributed by atoms with E-state index >= 15 is 0 Å². The van der Waals surface area contributed by atoms with Crippen LogP contribution in [0.4, 0.5) is 0 Å². The van der Waals surface area contributed by atoms with Gasteiger partial charge in [-0.3, -0.25) is 4.79 Å². The quantitative estimate of drug-likeness (QED) is 0.915. The Labute approximate surface area is 120 Å². The molecule has 2 unspecified atom stereocenters. The van der Waals surface area contributed by atoms with E-state index in [9.17, 15) is 4.79 Å². The number of amides is 1. The monoisotopic (exact) mass is 270 g/mol. The Morgan fingerprint density at radius 1 is 1.10 bits per heavy atom. The average molecular weight is 270 g/mol. The van der Waals surface area contributed by atoms with E-state index in [-0.39, 0.29) is 6.04 Å². The molecule has 2 fully saturated rings. The topological polar surface area (TPSA) is 32.3 Å². The van der Waals surface area contributed by atoms with E-state index in [1.165, 1.54) is 24.0 Å². The number of carbonyl (C=O) groups is 1. The molecule has 2 atom stereocenters. The summed E-state index contributed by atoms with van der Waals surface area (Å²) in [4.78, 5) is 14.9. The fourth-order valence-corrected chi connectivity index (χ4v) is 3.76. The number of benzene rings is 1. The number of fused-ring (bicyclic) bond motifs is 1. The molecule has 2 aliphatic carbocycles. The van der Waals surface area contributed by atoms with Crippen molar-refractivity contribution in [3.05, 3.63) is 35.4 Å². The maximum absolute atomic E-state index is 12.7. The van der Waals surface area contributed by atoms with Crippen LogP contribution in [0.3, 0.4) is 0 Å². The van der Waals surface area contributed by atoms with Gasteiger partial charge in [0, 0.05) is 12.6 Å². The number of piperidine rings is 1. The lowest BCUT2D eigenvalue weighted by Gasteiger charge is -2.37.